The van der Waals surface area contributed by atoms with E-state index < -0.39 is 0 Å². The molecule has 0 saturated heterocycles. The standard InChI is InChI=1S/C15H12FNO2/c1-18-15-7-2-11(9-17)8-12(15)10-19-14-5-3-13(16)4-6-14/h2-8H,10H2,1H3. The van der Waals surface area contributed by atoms with Gasteiger partial charge in [0.05, 0.1) is 18.7 Å². The first-order valence-corrected chi connectivity index (χ1v) is 5.68. The first kappa shape index (κ1) is 12.9. The number of ether oxygens (including phenoxy) is 2. The van der Waals surface area contributed by atoms with Crippen LogP contribution >= 0.6 is 0 Å². The maximum Gasteiger partial charge on any atom is 0.125 e. The van der Waals surface area contributed by atoms with Gasteiger partial charge in [0, 0.05) is 5.56 Å². The summed E-state index contributed by atoms with van der Waals surface area (Å²) in [4.78, 5) is 0. The van der Waals surface area contributed by atoms with Gasteiger partial charge in [0.15, 0.2) is 0 Å². The van der Waals surface area contributed by atoms with Crippen molar-refractivity contribution in [1.82, 2.24) is 0 Å². The van der Waals surface area contributed by atoms with Gasteiger partial charge in [-0.15, -0.1) is 0 Å². The molecule has 0 aromatic heterocycles. The molecule has 0 fully saturated rings. The summed E-state index contributed by atoms with van der Waals surface area (Å²) in [6, 6.07) is 12.9. The Hall–Kier alpha value is -2.54. The van der Waals surface area contributed by atoms with Gasteiger partial charge in [-0.2, -0.15) is 5.26 Å². The lowest BCUT2D eigenvalue weighted by molar-refractivity contribution is 0.296. The van der Waals surface area contributed by atoms with Crippen LogP contribution in [0.25, 0.3) is 0 Å². The zero-order valence-electron chi connectivity index (χ0n) is 10.4. The molecule has 0 radical (unpaired) electrons. The number of hydrogen-bond donors (Lipinski definition) is 0. The molecule has 0 spiro atoms. The second kappa shape index (κ2) is 5.87. The highest BCUT2D eigenvalue weighted by Gasteiger charge is 2.05. The molecule has 0 unspecified atom stereocenters. The van der Waals surface area contributed by atoms with Crippen LogP contribution in [0.3, 0.4) is 0 Å². The van der Waals surface area contributed by atoms with E-state index in [0.29, 0.717) is 17.1 Å². The monoisotopic (exact) mass is 257 g/mol. The second-order valence-corrected chi connectivity index (χ2v) is 3.88. The molecule has 4 heteroatoms. The molecule has 19 heavy (non-hydrogen) atoms. The molecular weight excluding hydrogens is 245 g/mol. The van der Waals surface area contributed by atoms with Gasteiger partial charge in [0.25, 0.3) is 0 Å². The quantitative estimate of drug-likeness (QED) is 0.844. The van der Waals surface area contributed by atoms with Crippen LogP contribution in [0.5, 0.6) is 11.5 Å². The molecule has 2 rings (SSSR count). The summed E-state index contributed by atoms with van der Waals surface area (Å²) in [6.07, 6.45) is 0. The predicted molar refractivity (Wildman–Crippen MR) is 68.4 cm³/mol. The molecular formula is C15H12FNO2. The SMILES string of the molecule is COc1ccc(C#N)cc1COc1ccc(F)cc1. The molecule has 0 aliphatic heterocycles. The van der Waals surface area contributed by atoms with Crippen molar-refractivity contribution in [3.05, 3.63) is 59.4 Å². The average molecular weight is 257 g/mol. The molecule has 0 heterocycles. The Labute approximate surface area is 110 Å². The lowest BCUT2D eigenvalue weighted by Crippen LogP contribution is -1.99. The summed E-state index contributed by atoms with van der Waals surface area (Å²) in [5.74, 6) is 0.906. The fraction of sp³-hybridized carbons (Fsp3) is 0.133. The van der Waals surface area contributed by atoms with Gasteiger partial charge in [-0.1, -0.05) is 0 Å². The summed E-state index contributed by atoms with van der Waals surface area (Å²) in [6.45, 7) is 0.254. The van der Waals surface area contributed by atoms with Crippen LogP contribution in [0.15, 0.2) is 42.5 Å². The fourth-order valence-electron chi connectivity index (χ4n) is 1.65. The van der Waals surface area contributed by atoms with E-state index in [-0.39, 0.29) is 12.4 Å². The van der Waals surface area contributed by atoms with Crippen LogP contribution in [0.1, 0.15) is 11.1 Å². The number of nitriles is 1. The molecule has 0 amide bonds. The number of rotatable bonds is 4. The molecule has 0 bridgehead atoms. The van der Waals surface area contributed by atoms with Crippen molar-refractivity contribution in [2.24, 2.45) is 0 Å². The van der Waals surface area contributed by atoms with E-state index in [4.69, 9.17) is 14.7 Å². The number of hydrogen-bond acceptors (Lipinski definition) is 3. The van der Waals surface area contributed by atoms with Crippen LogP contribution in [0.4, 0.5) is 4.39 Å². The minimum Gasteiger partial charge on any atom is -0.496 e. The Morgan fingerprint density at radius 3 is 2.53 bits per heavy atom. The Balaban J connectivity index is 2.14. The van der Waals surface area contributed by atoms with Crippen molar-refractivity contribution in [3.63, 3.8) is 0 Å². The van der Waals surface area contributed by atoms with Crippen molar-refractivity contribution < 1.29 is 13.9 Å². The first-order valence-electron chi connectivity index (χ1n) is 5.68. The first-order chi connectivity index (χ1) is 9.22. The van der Waals surface area contributed by atoms with E-state index in [0.717, 1.165) is 5.56 Å². The average Bonchev–Trinajstić information content (AvgIpc) is 2.46. The number of halogens is 1. The summed E-state index contributed by atoms with van der Waals surface area (Å²) < 4.78 is 23.5. The van der Waals surface area contributed by atoms with Crippen molar-refractivity contribution in [2.75, 3.05) is 7.11 Å². The van der Waals surface area contributed by atoms with E-state index in [9.17, 15) is 4.39 Å². The predicted octanol–water partition coefficient (Wildman–Crippen LogP) is 3.28. The zero-order valence-corrected chi connectivity index (χ0v) is 10.4. The fourth-order valence-corrected chi connectivity index (χ4v) is 1.65. The molecule has 3 nitrogen and oxygen atoms in total. The summed E-state index contributed by atoms with van der Waals surface area (Å²) in [7, 11) is 1.56. The van der Waals surface area contributed by atoms with E-state index in [2.05, 4.69) is 6.07 Å². The van der Waals surface area contributed by atoms with Gasteiger partial charge in [-0.3, -0.25) is 0 Å². The van der Waals surface area contributed by atoms with Crippen LogP contribution in [-0.2, 0) is 6.61 Å². The number of methoxy groups -OCH3 is 1. The van der Waals surface area contributed by atoms with Crippen LogP contribution in [0, 0.1) is 17.1 Å². The van der Waals surface area contributed by atoms with E-state index in [1.807, 2.05) is 0 Å². The maximum absolute atomic E-state index is 12.8. The third kappa shape index (κ3) is 3.23. The Kier molecular flexibility index (Phi) is 3.99. The zero-order chi connectivity index (χ0) is 13.7. The van der Waals surface area contributed by atoms with Crippen molar-refractivity contribution in [3.8, 4) is 17.6 Å². The van der Waals surface area contributed by atoms with Crippen LogP contribution in [-0.4, -0.2) is 7.11 Å². The smallest absolute Gasteiger partial charge is 0.125 e. The lowest BCUT2D eigenvalue weighted by Gasteiger charge is -2.10. The lowest BCUT2D eigenvalue weighted by atomic mass is 10.1. The van der Waals surface area contributed by atoms with E-state index in [1.165, 1.54) is 12.1 Å². The van der Waals surface area contributed by atoms with Gasteiger partial charge in [0.1, 0.15) is 23.9 Å². The van der Waals surface area contributed by atoms with Crippen molar-refractivity contribution >= 4 is 0 Å². The van der Waals surface area contributed by atoms with E-state index in [1.54, 1.807) is 37.4 Å². The summed E-state index contributed by atoms with van der Waals surface area (Å²) in [5, 5.41) is 8.87. The van der Waals surface area contributed by atoms with E-state index >= 15 is 0 Å². The van der Waals surface area contributed by atoms with Gasteiger partial charge in [-0.05, 0) is 42.5 Å². The van der Waals surface area contributed by atoms with Gasteiger partial charge < -0.3 is 9.47 Å². The molecule has 0 aliphatic carbocycles. The van der Waals surface area contributed by atoms with Crippen molar-refractivity contribution in [2.45, 2.75) is 6.61 Å². The summed E-state index contributed by atoms with van der Waals surface area (Å²) in [5.41, 5.74) is 1.31. The molecule has 0 aliphatic rings. The highest BCUT2D eigenvalue weighted by molar-refractivity contribution is 5.42. The van der Waals surface area contributed by atoms with Gasteiger partial charge in [0.2, 0.25) is 0 Å². The van der Waals surface area contributed by atoms with Crippen LogP contribution < -0.4 is 9.47 Å². The topological polar surface area (TPSA) is 42.2 Å². The molecule has 0 atom stereocenters. The molecule has 2 aromatic rings. The normalized spacial score (nSPS) is 9.74. The highest BCUT2D eigenvalue weighted by Crippen LogP contribution is 2.22. The Morgan fingerprint density at radius 1 is 1.16 bits per heavy atom. The van der Waals surface area contributed by atoms with Gasteiger partial charge in [-0.25, -0.2) is 4.39 Å². The molecule has 2 aromatic carbocycles. The Bertz CT molecular complexity index is 603. The minimum atomic E-state index is -0.309. The number of benzene rings is 2. The van der Waals surface area contributed by atoms with Gasteiger partial charge >= 0.3 is 0 Å². The molecule has 0 N–H and O–H groups in total. The Morgan fingerprint density at radius 2 is 1.89 bits per heavy atom. The summed E-state index contributed by atoms with van der Waals surface area (Å²) >= 11 is 0. The minimum absolute atomic E-state index is 0.254. The molecule has 0 saturated carbocycles. The third-order valence-corrected chi connectivity index (χ3v) is 2.62. The third-order valence-electron chi connectivity index (χ3n) is 2.62. The van der Waals surface area contributed by atoms with Crippen molar-refractivity contribution in [1.29, 1.82) is 5.26 Å². The number of nitrogens with zero attached hydrogens (tertiary/aromatic N) is 1. The maximum atomic E-state index is 12.8. The largest absolute Gasteiger partial charge is 0.496 e. The highest BCUT2D eigenvalue weighted by atomic mass is 19.1. The van der Waals surface area contributed by atoms with Crippen LogP contribution in [0.2, 0.25) is 0 Å². The molecule has 96 valence electrons. The second-order valence-electron chi connectivity index (χ2n) is 3.88.